The van der Waals surface area contributed by atoms with Crippen molar-refractivity contribution < 1.29 is 4.39 Å². The van der Waals surface area contributed by atoms with E-state index in [0.29, 0.717) is 5.92 Å². The number of hydrogen-bond donors (Lipinski definition) is 1. The number of halogens is 1. The van der Waals surface area contributed by atoms with Crippen LogP contribution >= 0.6 is 0 Å². The molecule has 1 rings (SSSR count). The van der Waals surface area contributed by atoms with Gasteiger partial charge in [0.2, 0.25) is 0 Å². The van der Waals surface area contributed by atoms with Crippen LogP contribution in [0.15, 0.2) is 24.3 Å². The monoisotopic (exact) mass is 181 g/mol. The minimum absolute atomic E-state index is 0.183. The highest BCUT2D eigenvalue weighted by Crippen LogP contribution is 2.11. The molecule has 0 radical (unpaired) electrons. The minimum atomic E-state index is -0.183. The van der Waals surface area contributed by atoms with Crippen LogP contribution in [0, 0.1) is 11.7 Å². The van der Waals surface area contributed by atoms with Crippen molar-refractivity contribution in [3.63, 3.8) is 0 Å². The molecule has 0 aliphatic heterocycles. The summed E-state index contributed by atoms with van der Waals surface area (Å²) in [5.41, 5.74) is 6.88. The van der Waals surface area contributed by atoms with E-state index >= 15 is 0 Å². The summed E-state index contributed by atoms with van der Waals surface area (Å²) in [6, 6.07) is 6.79. The van der Waals surface area contributed by atoms with Crippen molar-refractivity contribution in [3.8, 4) is 0 Å². The topological polar surface area (TPSA) is 26.0 Å². The molecule has 1 nitrogen and oxygen atoms in total. The molecule has 2 unspecified atom stereocenters. The lowest BCUT2D eigenvalue weighted by Gasteiger charge is -2.14. The van der Waals surface area contributed by atoms with Crippen LogP contribution in [0.2, 0.25) is 0 Å². The first-order valence-electron chi connectivity index (χ1n) is 4.59. The smallest absolute Gasteiger partial charge is 0.123 e. The van der Waals surface area contributed by atoms with E-state index in [0.717, 1.165) is 12.0 Å². The van der Waals surface area contributed by atoms with Crippen LogP contribution in [0.25, 0.3) is 0 Å². The van der Waals surface area contributed by atoms with Gasteiger partial charge in [0.05, 0.1) is 0 Å². The predicted octanol–water partition coefficient (Wildman–Crippen LogP) is 2.35. The quantitative estimate of drug-likeness (QED) is 0.761. The van der Waals surface area contributed by atoms with Gasteiger partial charge in [0.25, 0.3) is 0 Å². The number of benzene rings is 1. The molecule has 0 aromatic heterocycles. The molecular weight excluding hydrogens is 165 g/mol. The third-order valence-corrected chi connectivity index (χ3v) is 2.37. The van der Waals surface area contributed by atoms with Crippen molar-refractivity contribution in [2.75, 3.05) is 0 Å². The molecule has 0 aliphatic rings. The highest BCUT2D eigenvalue weighted by Gasteiger charge is 2.07. The fourth-order valence-corrected chi connectivity index (χ4v) is 1.18. The maximum atomic E-state index is 12.6. The van der Waals surface area contributed by atoms with Crippen molar-refractivity contribution in [2.24, 2.45) is 11.7 Å². The van der Waals surface area contributed by atoms with Crippen LogP contribution in [0.3, 0.4) is 0 Å². The Hall–Kier alpha value is -0.890. The first-order valence-corrected chi connectivity index (χ1v) is 4.59. The molecule has 0 fully saturated rings. The van der Waals surface area contributed by atoms with Crippen molar-refractivity contribution in [3.05, 3.63) is 35.6 Å². The van der Waals surface area contributed by atoms with E-state index in [9.17, 15) is 4.39 Å². The molecule has 13 heavy (non-hydrogen) atoms. The zero-order chi connectivity index (χ0) is 9.84. The lowest BCUT2D eigenvalue weighted by atomic mass is 9.96. The lowest BCUT2D eigenvalue weighted by molar-refractivity contribution is 0.481. The summed E-state index contributed by atoms with van der Waals surface area (Å²) >= 11 is 0. The van der Waals surface area contributed by atoms with Gasteiger partial charge in [-0.25, -0.2) is 4.39 Å². The Morgan fingerprint density at radius 1 is 1.23 bits per heavy atom. The van der Waals surface area contributed by atoms with Gasteiger partial charge in [-0.05, 0) is 37.0 Å². The summed E-state index contributed by atoms with van der Waals surface area (Å²) < 4.78 is 12.6. The molecule has 0 spiro atoms. The van der Waals surface area contributed by atoms with Gasteiger partial charge in [0.15, 0.2) is 0 Å². The van der Waals surface area contributed by atoms with Crippen LogP contribution in [-0.2, 0) is 6.42 Å². The Bertz CT molecular complexity index is 253. The minimum Gasteiger partial charge on any atom is -0.328 e. The van der Waals surface area contributed by atoms with Crippen LogP contribution in [0.1, 0.15) is 19.4 Å². The fraction of sp³-hybridized carbons (Fsp3) is 0.455. The highest BCUT2D eigenvalue weighted by molar-refractivity contribution is 5.16. The third kappa shape index (κ3) is 3.15. The van der Waals surface area contributed by atoms with Crippen molar-refractivity contribution in [1.29, 1.82) is 0 Å². The second kappa shape index (κ2) is 4.38. The van der Waals surface area contributed by atoms with Gasteiger partial charge in [-0.1, -0.05) is 19.1 Å². The van der Waals surface area contributed by atoms with E-state index in [4.69, 9.17) is 5.73 Å². The molecule has 1 aromatic rings. The molecule has 0 aliphatic carbocycles. The van der Waals surface area contributed by atoms with E-state index in [1.165, 1.54) is 12.1 Å². The molecule has 0 saturated carbocycles. The van der Waals surface area contributed by atoms with E-state index in [-0.39, 0.29) is 11.9 Å². The first kappa shape index (κ1) is 10.2. The van der Waals surface area contributed by atoms with Gasteiger partial charge in [-0.15, -0.1) is 0 Å². The average Bonchev–Trinajstić information content (AvgIpc) is 2.08. The maximum Gasteiger partial charge on any atom is 0.123 e. The van der Waals surface area contributed by atoms with Gasteiger partial charge < -0.3 is 5.73 Å². The Morgan fingerprint density at radius 3 is 2.23 bits per heavy atom. The first-order chi connectivity index (χ1) is 6.09. The van der Waals surface area contributed by atoms with Crippen molar-refractivity contribution >= 4 is 0 Å². The molecule has 0 bridgehead atoms. The van der Waals surface area contributed by atoms with Crippen LogP contribution in [0.5, 0.6) is 0 Å². The largest absolute Gasteiger partial charge is 0.328 e. The zero-order valence-electron chi connectivity index (χ0n) is 8.13. The average molecular weight is 181 g/mol. The Balaban J connectivity index is 2.59. The van der Waals surface area contributed by atoms with E-state index < -0.39 is 0 Å². The summed E-state index contributed by atoms with van der Waals surface area (Å²) in [5, 5.41) is 0. The predicted molar refractivity (Wildman–Crippen MR) is 52.9 cm³/mol. The van der Waals surface area contributed by atoms with E-state index in [1.54, 1.807) is 0 Å². The summed E-state index contributed by atoms with van der Waals surface area (Å²) in [6.07, 6.45) is 0.915. The second-order valence-electron chi connectivity index (χ2n) is 3.67. The Morgan fingerprint density at radius 2 is 1.77 bits per heavy atom. The second-order valence-corrected chi connectivity index (χ2v) is 3.67. The molecule has 72 valence electrons. The molecule has 0 amide bonds. The van der Waals surface area contributed by atoms with E-state index in [1.807, 2.05) is 19.1 Å². The normalized spacial score (nSPS) is 15.4. The fourth-order valence-electron chi connectivity index (χ4n) is 1.18. The SMILES string of the molecule is CC(N)C(C)Cc1ccc(F)cc1. The van der Waals surface area contributed by atoms with Crippen molar-refractivity contribution in [1.82, 2.24) is 0 Å². The number of rotatable bonds is 3. The molecule has 2 atom stereocenters. The van der Waals surface area contributed by atoms with Gasteiger partial charge >= 0.3 is 0 Å². The summed E-state index contributed by atoms with van der Waals surface area (Å²) in [6.45, 7) is 4.10. The lowest BCUT2D eigenvalue weighted by Crippen LogP contribution is -2.25. The van der Waals surface area contributed by atoms with E-state index in [2.05, 4.69) is 6.92 Å². The Labute approximate surface area is 78.8 Å². The van der Waals surface area contributed by atoms with Gasteiger partial charge in [-0.2, -0.15) is 0 Å². The van der Waals surface area contributed by atoms with Crippen LogP contribution < -0.4 is 5.73 Å². The molecular formula is C11H16FN. The number of hydrogen-bond acceptors (Lipinski definition) is 1. The zero-order valence-corrected chi connectivity index (χ0v) is 8.13. The standard InChI is InChI=1S/C11H16FN/c1-8(9(2)13)7-10-3-5-11(12)6-4-10/h3-6,8-9H,7,13H2,1-2H3. The molecule has 2 heteroatoms. The third-order valence-electron chi connectivity index (χ3n) is 2.37. The molecule has 0 saturated heterocycles. The number of nitrogens with two attached hydrogens (primary N) is 1. The highest BCUT2D eigenvalue weighted by atomic mass is 19.1. The molecule has 0 heterocycles. The molecule has 2 N–H and O–H groups in total. The van der Waals surface area contributed by atoms with Crippen LogP contribution in [0.4, 0.5) is 4.39 Å². The van der Waals surface area contributed by atoms with Gasteiger partial charge in [0, 0.05) is 6.04 Å². The summed E-state index contributed by atoms with van der Waals surface area (Å²) in [7, 11) is 0. The summed E-state index contributed by atoms with van der Waals surface area (Å²) in [4.78, 5) is 0. The van der Waals surface area contributed by atoms with Crippen molar-refractivity contribution in [2.45, 2.75) is 26.3 Å². The van der Waals surface area contributed by atoms with Gasteiger partial charge in [0.1, 0.15) is 5.82 Å². The van der Waals surface area contributed by atoms with Crippen LogP contribution in [-0.4, -0.2) is 6.04 Å². The summed E-state index contributed by atoms with van der Waals surface area (Å²) in [5.74, 6) is 0.252. The maximum absolute atomic E-state index is 12.6. The van der Waals surface area contributed by atoms with Gasteiger partial charge in [-0.3, -0.25) is 0 Å². The molecule has 1 aromatic carbocycles. The Kier molecular flexibility index (Phi) is 3.43.